The molecular weight excluding hydrogens is 156 g/mol. The third-order valence-electron chi connectivity index (χ3n) is 1.39. The summed E-state index contributed by atoms with van der Waals surface area (Å²) in [6.07, 6.45) is 0.340. The molecule has 0 saturated heterocycles. The number of hydrogen-bond donors (Lipinski definition) is 1. The maximum absolute atomic E-state index is 11.1. The van der Waals surface area contributed by atoms with Crippen molar-refractivity contribution in [3.05, 3.63) is 0 Å². The van der Waals surface area contributed by atoms with Gasteiger partial charge < -0.3 is 10.0 Å². The van der Waals surface area contributed by atoms with Gasteiger partial charge in [0.05, 0.1) is 19.6 Å². The Hall–Kier alpha value is -0.900. The largest absolute Gasteiger partial charge is 0.394 e. The highest BCUT2D eigenvalue weighted by Crippen LogP contribution is 1.91. The molecule has 0 fully saturated rings. The summed E-state index contributed by atoms with van der Waals surface area (Å²) in [5.74, 6) is 0.0363. The topological polar surface area (TPSA) is 52.9 Å². The minimum absolute atomic E-state index is 0.0352. The first kappa shape index (κ1) is 11.1. The fourth-order valence-electron chi connectivity index (χ4n) is 0.674. The van der Waals surface area contributed by atoms with Crippen molar-refractivity contribution in [1.82, 2.24) is 4.90 Å². The second-order valence-corrected chi connectivity index (χ2v) is 2.81. The van der Waals surface area contributed by atoms with Crippen molar-refractivity contribution in [2.24, 2.45) is 4.99 Å². The molecule has 0 atom stereocenters. The molecule has 4 nitrogen and oxygen atoms in total. The Bertz CT molecular complexity index is 176. The average molecular weight is 172 g/mol. The van der Waals surface area contributed by atoms with Crippen LogP contribution in [0.5, 0.6) is 0 Å². The van der Waals surface area contributed by atoms with Crippen molar-refractivity contribution < 1.29 is 9.90 Å². The van der Waals surface area contributed by atoms with Crippen molar-refractivity contribution in [2.75, 3.05) is 27.2 Å². The fourth-order valence-corrected chi connectivity index (χ4v) is 0.674. The zero-order valence-electron chi connectivity index (χ0n) is 7.87. The molecule has 0 aromatic heterocycles. The molecule has 0 aliphatic carbocycles. The molecule has 0 radical (unpaired) electrons. The van der Waals surface area contributed by atoms with Crippen molar-refractivity contribution in [3.63, 3.8) is 0 Å². The first-order chi connectivity index (χ1) is 5.57. The van der Waals surface area contributed by atoms with E-state index < -0.39 is 0 Å². The molecule has 0 saturated carbocycles. The average Bonchev–Trinajstić information content (AvgIpc) is 2.00. The lowest BCUT2D eigenvalue weighted by Gasteiger charge is -2.09. The van der Waals surface area contributed by atoms with E-state index in [-0.39, 0.29) is 12.5 Å². The molecule has 70 valence electrons. The normalized spacial score (nSPS) is 11.5. The Morgan fingerprint density at radius 3 is 2.50 bits per heavy atom. The number of amides is 1. The lowest BCUT2D eigenvalue weighted by molar-refractivity contribution is -0.127. The Labute approximate surface area is 72.9 Å². The Morgan fingerprint density at radius 2 is 2.08 bits per heavy atom. The molecule has 0 rings (SSSR count). The van der Waals surface area contributed by atoms with Crippen molar-refractivity contribution in [3.8, 4) is 0 Å². The number of aliphatic imine (C=N–C) groups is 1. The van der Waals surface area contributed by atoms with Crippen LogP contribution >= 0.6 is 0 Å². The maximum Gasteiger partial charge on any atom is 0.227 e. The smallest absolute Gasteiger partial charge is 0.227 e. The van der Waals surface area contributed by atoms with E-state index in [1.807, 2.05) is 0 Å². The molecule has 0 aromatic carbocycles. The summed E-state index contributed by atoms with van der Waals surface area (Å²) in [6.45, 7) is 2.21. The van der Waals surface area contributed by atoms with Gasteiger partial charge in [-0.25, -0.2) is 0 Å². The third-order valence-corrected chi connectivity index (χ3v) is 1.39. The van der Waals surface area contributed by atoms with E-state index in [1.54, 1.807) is 21.0 Å². The molecule has 12 heavy (non-hydrogen) atoms. The summed E-state index contributed by atoms with van der Waals surface area (Å²) in [5.41, 5.74) is 0.766. The highest BCUT2D eigenvalue weighted by atomic mass is 16.3. The number of hydrogen-bond acceptors (Lipinski definition) is 3. The predicted octanol–water partition coefficient (Wildman–Crippen LogP) is -0.0821. The van der Waals surface area contributed by atoms with Gasteiger partial charge in [-0.1, -0.05) is 0 Å². The maximum atomic E-state index is 11.1. The van der Waals surface area contributed by atoms with Crippen molar-refractivity contribution in [1.29, 1.82) is 0 Å². The highest BCUT2D eigenvalue weighted by Gasteiger charge is 2.04. The summed E-state index contributed by atoms with van der Waals surface area (Å²) >= 11 is 0. The molecule has 0 aliphatic rings. The number of carbonyl (C=O) groups is 1. The van der Waals surface area contributed by atoms with E-state index >= 15 is 0 Å². The third kappa shape index (κ3) is 4.85. The Kier molecular flexibility index (Phi) is 5.28. The SMILES string of the molecule is CC(CC(=O)N(C)C)=NCCO. The van der Waals surface area contributed by atoms with Crippen LogP contribution in [0.15, 0.2) is 4.99 Å². The standard InChI is InChI=1S/C8H16N2O2/c1-7(9-4-5-11)6-8(12)10(2)3/h11H,4-6H2,1-3H3. The summed E-state index contributed by atoms with van der Waals surface area (Å²) in [6, 6.07) is 0. The second-order valence-electron chi connectivity index (χ2n) is 2.81. The predicted molar refractivity (Wildman–Crippen MR) is 48.4 cm³/mol. The van der Waals surface area contributed by atoms with Gasteiger partial charge in [0.25, 0.3) is 0 Å². The van der Waals surface area contributed by atoms with Gasteiger partial charge in [0.2, 0.25) is 5.91 Å². The molecule has 0 spiro atoms. The van der Waals surface area contributed by atoms with Crippen LogP contribution in [0.25, 0.3) is 0 Å². The molecular formula is C8H16N2O2. The fraction of sp³-hybridized carbons (Fsp3) is 0.750. The number of aliphatic hydroxyl groups excluding tert-OH is 1. The Balaban J connectivity index is 3.83. The van der Waals surface area contributed by atoms with Crippen molar-refractivity contribution >= 4 is 11.6 Å². The van der Waals surface area contributed by atoms with Crippen LogP contribution in [0.1, 0.15) is 13.3 Å². The van der Waals surface area contributed by atoms with Crippen LogP contribution in [0.3, 0.4) is 0 Å². The van der Waals surface area contributed by atoms with Crippen LogP contribution < -0.4 is 0 Å². The summed E-state index contributed by atoms with van der Waals surface area (Å²) in [7, 11) is 3.42. The van der Waals surface area contributed by atoms with Crippen LogP contribution in [0, 0.1) is 0 Å². The van der Waals surface area contributed by atoms with Gasteiger partial charge in [0.1, 0.15) is 0 Å². The molecule has 1 amide bonds. The van der Waals surface area contributed by atoms with Gasteiger partial charge in [0.15, 0.2) is 0 Å². The lowest BCUT2D eigenvalue weighted by atomic mass is 10.3. The minimum Gasteiger partial charge on any atom is -0.394 e. The zero-order chi connectivity index (χ0) is 9.56. The lowest BCUT2D eigenvalue weighted by Crippen LogP contribution is -2.23. The van der Waals surface area contributed by atoms with E-state index in [0.717, 1.165) is 5.71 Å². The first-order valence-electron chi connectivity index (χ1n) is 3.89. The molecule has 0 unspecified atom stereocenters. The van der Waals surface area contributed by atoms with Gasteiger partial charge in [-0.3, -0.25) is 9.79 Å². The number of rotatable bonds is 4. The number of nitrogens with zero attached hydrogens (tertiary/aromatic N) is 2. The quantitative estimate of drug-likeness (QED) is 0.603. The number of aliphatic hydroxyl groups is 1. The summed E-state index contributed by atoms with van der Waals surface area (Å²) in [5, 5.41) is 8.46. The van der Waals surface area contributed by atoms with E-state index in [4.69, 9.17) is 5.11 Å². The molecule has 0 heterocycles. The van der Waals surface area contributed by atoms with E-state index in [9.17, 15) is 4.79 Å². The van der Waals surface area contributed by atoms with Gasteiger partial charge in [-0.05, 0) is 6.92 Å². The monoisotopic (exact) mass is 172 g/mol. The van der Waals surface area contributed by atoms with Crippen LogP contribution in [0.2, 0.25) is 0 Å². The second kappa shape index (κ2) is 5.71. The summed E-state index contributed by atoms with van der Waals surface area (Å²) in [4.78, 5) is 16.6. The Morgan fingerprint density at radius 1 is 1.50 bits per heavy atom. The zero-order valence-corrected chi connectivity index (χ0v) is 7.87. The molecule has 0 aliphatic heterocycles. The van der Waals surface area contributed by atoms with Gasteiger partial charge in [-0.15, -0.1) is 0 Å². The van der Waals surface area contributed by atoms with Gasteiger partial charge in [-0.2, -0.15) is 0 Å². The summed E-state index contributed by atoms with van der Waals surface area (Å²) < 4.78 is 0. The number of carbonyl (C=O) groups excluding carboxylic acids is 1. The molecule has 0 aromatic rings. The van der Waals surface area contributed by atoms with Gasteiger partial charge >= 0.3 is 0 Å². The first-order valence-corrected chi connectivity index (χ1v) is 3.89. The van der Waals surface area contributed by atoms with Crippen LogP contribution in [0.4, 0.5) is 0 Å². The molecule has 1 N–H and O–H groups in total. The van der Waals surface area contributed by atoms with Gasteiger partial charge in [0, 0.05) is 19.8 Å². The van der Waals surface area contributed by atoms with Crippen molar-refractivity contribution in [2.45, 2.75) is 13.3 Å². The van der Waals surface area contributed by atoms with Crippen LogP contribution in [-0.2, 0) is 4.79 Å². The van der Waals surface area contributed by atoms with E-state index in [0.29, 0.717) is 13.0 Å². The minimum atomic E-state index is 0.0352. The molecule has 0 bridgehead atoms. The molecule has 4 heteroatoms. The van der Waals surface area contributed by atoms with Crippen LogP contribution in [-0.4, -0.2) is 48.9 Å². The van der Waals surface area contributed by atoms with E-state index in [1.165, 1.54) is 4.90 Å². The highest BCUT2D eigenvalue weighted by molar-refractivity contribution is 5.99. The van der Waals surface area contributed by atoms with E-state index in [2.05, 4.69) is 4.99 Å².